The Kier molecular flexibility index (Phi) is 18.6. The summed E-state index contributed by atoms with van der Waals surface area (Å²) in [6, 6.07) is 13.4. The molecule has 0 aliphatic heterocycles. The summed E-state index contributed by atoms with van der Waals surface area (Å²) in [5.41, 5.74) is 15.4. The quantitative estimate of drug-likeness (QED) is 0.0241. The second-order valence-corrected chi connectivity index (χ2v) is 17.3. The number of hydrogen-bond acceptors (Lipinski definition) is 17. The Morgan fingerprint density at radius 3 is 2.32 bits per heavy atom. The fourth-order valence-electron chi connectivity index (χ4n) is 7.44. The molecule has 370 valence electrons. The lowest BCUT2D eigenvalue weighted by molar-refractivity contribution is -0.141. The molecule has 0 saturated carbocycles. The number of ether oxygens (including phenoxy) is 3. The molecule has 0 saturated heterocycles. The number of aryl methyl sites for hydroxylation is 1. The number of aliphatic hydroxyl groups is 1. The van der Waals surface area contributed by atoms with Gasteiger partial charge in [0.2, 0.25) is 17.8 Å². The summed E-state index contributed by atoms with van der Waals surface area (Å²) in [5, 5.41) is 33.0. The van der Waals surface area contributed by atoms with Crippen LogP contribution in [0.15, 0.2) is 59.5 Å². The lowest BCUT2D eigenvalue weighted by atomic mass is 9.93. The summed E-state index contributed by atoms with van der Waals surface area (Å²) in [6.07, 6.45) is 3.08. The van der Waals surface area contributed by atoms with Crippen LogP contribution in [0.5, 0.6) is 0 Å². The molecule has 2 aromatic carbocycles. The maximum Gasteiger partial charge on any atom is 0.320 e. The number of benzene rings is 2. The number of carbonyl (C=O) groups is 3. The van der Waals surface area contributed by atoms with Crippen molar-refractivity contribution in [1.82, 2.24) is 50.4 Å². The first-order valence-electron chi connectivity index (χ1n) is 23.0. The fourth-order valence-corrected chi connectivity index (χ4v) is 7.44. The van der Waals surface area contributed by atoms with Gasteiger partial charge in [-0.1, -0.05) is 57.5 Å². The minimum Gasteiger partial charge on any atom is -0.480 e. The van der Waals surface area contributed by atoms with Crippen LogP contribution in [-0.2, 0) is 48.1 Å². The highest BCUT2D eigenvalue weighted by Gasteiger charge is 2.26. The van der Waals surface area contributed by atoms with E-state index in [1.54, 1.807) is 24.3 Å². The van der Waals surface area contributed by atoms with Crippen molar-refractivity contribution in [2.45, 2.75) is 84.7 Å². The van der Waals surface area contributed by atoms with Gasteiger partial charge in [-0.2, -0.15) is 4.98 Å². The molecule has 22 heteroatoms. The average Bonchev–Trinajstić information content (AvgIpc) is 3.68. The number of unbranched alkanes of at least 4 members (excludes halogenated alkanes) is 1. The fraction of sp³-hybridized carbons (Fsp3) is 0.468. The van der Waals surface area contributed by atoms with Crippen LogP contribution >= 0.6 is 0 Å². The van der Waals surface area contributed by atoms with Crippen LogP contribution in [0.1, 0.15) is 76.2 Å². The molecular weight excluding hydrogens is 891 g/mol. The number of nitrogens with zero attached hydrogens (tertiary/aromatic N) is 6. The molecular formula is C47H63N13O9. The molecule has 0 aliphatic carbocycles. The van der Waals surface area contributed by atoms with Crippen LogP contribution in [0.25, 0.3) is 33.1 Å². The molecule has 6 rings (SSSR count). The van der Waals surface area contributed by atoms with Gasteiger partial charge < -0.3 is 56.4 Å². The maximum absolute atomic E-state index is 12.7. The van der Waals surface area contributed by atoms with Gasteiger partial charge in [-0.05, 0) is 36.6 Å². The number of carboxylic acid groups (broad SMARTS) is 1. The summed E-state index contributed by atoms with van der Waals surface area (Å²) >= 11 is 0. The SMILES string of the molecule is CCCCc1nc2c(N)nc3ccccc3c2n1CC(C)(C)CNC(=O)CCOCCOCCOCCNC(=O)CCC(NC(O)c1ccc(NCc2cnc3nc(N)[nH]c(=O)c3n2)cc1)C(=O)O. The predicted molar refractivity (Wildman–Crippen MR) is 260 cm³/mol. The number of amides is 2. The van der Waals surface area contributed by atoms with E-state index in [0.29, 0.717) is 67.8 Å². The number of aromatic nitrogens is 7. The van der Waals surface area contributed by atoms with Crippen molar-refractivity contribution in [1.29, 1.82) is 0 Å². The number of hydrogen-bond donors (Lipinski definition) is 9. The number of rotatable bonds is 29. The third-order valence-electron chi connectivity index (χ3n) is 11.1. The Morgan fingerprint density at radius 1 is 0.870 bits per heavy atom. The van der Waals surface area contributed by atoms with E-state index in [1.165, 1.54) is 6.20 Å². The van der Waals surface area contributed by atoms with Gasteiger partial charge in [0.15, 0.2) is 17.0 Å². The van der Waals surface area contributed by atoms with Crippen molar-refractivity contribution in [3.8, 4) is 0 Å². The molecule has 4 heterocycles. The number of aliphatic carboxylic acids is 1. The molecule has 0 spiro atoms. The molecule has 4 aromatic heterocycles. The zero-order valence-corrected chi connectivity index (χ0v) is 39.3. The second kappa shape index (κ2) is 25.0. The lowest BCUT2D eigenvalue weighted by Gasteiger charge is -2.27. The average molecular weight is 954 g/mol. The number of para-hydroxylation sites is 1. The standard InChI is InChI=1S/C47H63N13O9/c1-4-5-10-35-57-38-40(32-8-6-7-9-33(32)55-41(38)48)60(35)28-47(2,3)27-53-37(62)17-19-67-21-23-69-24-22-68-20-18-50-36(61)16-15-34(45(65)66)56-43(63)29-11-13-30(14-12-29)51-25-31-26-52-42-39(54-31)44(64)59-46(49)58-42/h6-9,11-14,26,34,43,51,56,63H,4-5,10,15-25,27-28H2,1-3H3,(H2,48,55)(H,50,61)(H,53,62)(H,65,66)(H3,49,52,58,59,64). The van der Waals surface area contributed by atoms with Crippen LogP contribution in [0, 0.1) is 5.41 Å². The van der Waals surface area contributed by atoms with Crippen molar-refractivity contribution < 1.29 is 38.8 Å². The normalized spacial score (nSPS) is 12.6. The number of anilines is 3. The Bertz CT molecular complexity index is 2730. The molecule has 0 fully saturated rings. The van der Waals surface area contributed by atoms with E-state index in [9.17, 15) is 29.4 Å². The number of imidazole rings is 1. The van der Waals surface area contributed by atoms with Crippen LogP contribution in [0.2, 0.25) is 0 Å². The van der Waals surface area contributed by atoms with Gasteiger partial charge in [-0.15, -0.1) is 0 Å². The molecule has 2 amide bonds. The monoisotopic (exact) mass is 953 g/mol. The highest BCUT2D eigenvalue weighted by molar-refractivity contribution is 6.06. The molecule has 0 radical (unpaired) electrons. The number of nitrogens with two attached hydrogens (primary N) is 2. The molecule has 69 heavy (non-hydrogen) atoms. The number of fused-ring (bicyclic) bond motifs is 4. The van der Waals surface area contributed by atoms with Gasteiger partial charge in [-0.3, -0.25) is 29.5 Å². The van der Waals surface area contributed by atoms with E-state index in [-0.39, 0.29) is 79.9 Å². The second-order valence-electron chi connectivity index (χ2n) is 17.3. The molecule has 22 nitrogen and oxygen atoms in total. The highest BCUT2D eigenvalue weighted by atomic mass is 16.5. The number of nitrogen functional groups attached to an aromatic ring is 2. The molecule has 11 N–H and O–H groups in total. The van der Waals surface area contributed by atoms with Gasteiger partial charge in [0.1, 0.15) is 23.6 Å². The van der Waals surface area contributed by atoms with Gasteiger partial charge in [0.05, 0.1) is 69.1 Å². The molecule has 0 bridgehead atoms. The highest BCUT2D eigenvalue weighted by Crippen LogP contribution is 2.32. The molecule has 0 aliphatic rings. The summed E-state index contributed by atoms with van der Waals surface area (Å²) in [4.78, 5) is 73.5. The zero-order chi connectivity index (χ0) is 49.3. The number of H-pyrrole nitrogens is 1. The maximum atomic E-state index is 12.7. The van der Waals surface area contributed by atoms with Crippen molar-refractivity contribution >= 4 is 68.3 Å². The Hall–Kier alpha value is -6.85. The number of nitrogens with one attached hydrogen (secondary N) is 5. The van der Waals surface area contributed by atoms with Crippen LogP contribution in [0.4, 0.5) is 17.5 Å². The third-order valence-corrected chi connectivity index (χ3v) is 11.1. The van der Waals surface area contributed by atoms with E-state index in [2.05, 4.69) is 71.5 Å². The van der Waals surface area contributed by atoms with Crippen molar-refractivity contribution in [3.05, 3.63) is 82.2 Å². The summed E-state index contributed by atoms with van der Waals surface area (Å²) < 4.78 is 18.9. The summed E-state index contributed by atoms with van der Waals surface area (Å²) in [6.45, 7) is 9.66. The molecule has 6 aromatic rings. The van der Waals surface area contributed by atoms with Gasteiger partial charge >= 0.3 is 5.97 Å². The number of aromatic amines is 1. The number of pyridine rings is 1. The van der Waals surface area contributed by atoms with Gasteiger partial charge in [0, 0.05) is 55.4 Å². The summed E-state index contributed by atoms with van der Waals surface area (Å²) in [7, 11) is 0. The zero-order valence-electron chi connectivity index (χ0n) is 39.3. The first-order valence-corrected chi connectivity index (χ1v) is 23.0. The Morgan fingerprint density at radius 2 is 1.58 bits per heavy atom. The lowest BCUT2D eigenvalue weighted by Crippen LogP contribution is -2.40. The molecule has 2 atom stereocenters. The van der Waals surface area contributed by atoms with E-state index in [4.69, 9.17) is 30.7 Å². The van der Waals surface area contributed by atoms with E-state index in [0.717, 1.165) is 41.5 Å². The first-order chi connectivity index (χ1) is 33.2. The topological polar surface area (TPSA) is 322 Å². The smallest absolute Gasteiger partial charge is 0.320 e. The number of carbonyl (C=O) groups excluding carboxylic acids is 2. The van der Waals surface area contributed by atoms with Gasteiger partial charge in [0.25, 0.3) is 5.56 Å². The third kappa shape index (κ3) is 15.1. The Balaban J connectivity index is 0.787. The van der Waals surface area contributed by atoms with Crippen molar-refractivity contribution in [3.63, 3.8) is 0 Å². The van der Waals surface area contributed by atoms with Crippen LogP contribution < -0.4 is 38.3 Å². The van der Waals surface area contributed by atoms with Gasteiger partial charge in [-0.25, -0.2) is 19.9 Å². The van der Waals surface area contributed by atoms with E-state index >= 15 is 0 Å². The van der Waals surface area contributed by atoms with Crippen molar-refractivity contribution in [2.75, 3.05) is 69.5 Å². The largest absolute Gasteiger partial charge is 0.480 e. The summed E-state index contributed by atoms with van der Waals surface area (Å²) in [5.74, 6) is -0.350. The van der Waals surface area contributed by atoms with Crippen LogP contribution in [-0.4, -0.2) is 121 Å². The van der Waals surface area contributed by atoms with Crippen molar-refractivity contribution in [2.24, 2.45) is 5.41 Å². The first kappa shape index (κ1) is 51.5. The number of carboxylic acids is 1. The van der Waals surface area contributed by atoms with E-state index in [1.807, 2.05) is 24.3 Å². The van der Waals surface area contributed by atoms with Crippen LogP contribution in [0.3, 0.4) is 0 Å². The number of aliphatic hydroxyl groups excluding tert-OH is 1. The minimum atomic E-state index is -1.31. The predicted octanol–water partition coefficient (Wildman–Crippen LogP) is 2.94. The van der Waals surface area contributed by atoms with E-state index < -0.39 is 23.8 Å². The Labute approximate surface area is 398 Å². The minimum absolute atomic E-state index is 0.0526. The molecule has 2 unspecified atom stereocenters.